The summed E-state index contributed by atoms with van der Waals surface area (Å²) in [6.45, 7) is 1.78. The van der Waals surface area contributed by atoms with Crippen molar-refractivity contribution in [2.75, 3.05) is 17.2 Å². The maximum absolute atomic E-state index is 12.4. The van der Waals surface area contributed by atoms with Gasteiger partial charge in [-0.05, 0) is 67.1 Å². The number of anilines is 2. The largest absolute Gasteiger partial charge is 0.508 e. The van der Waals surface area contributed by atoms with Crippen molar-refractivity contribution >= 4 is 29.3 Å². The van der Waals surface area contributed by atoms with E-state index in [1.807, 2.05) is 37.3 Å². The van der Waals surface area contributed by atoms with Crippen LogP contribution in [0.15, 0.2) is 78.4 Å². The van der Waals surface area contributed by atoms with Crippen molar-refractivity contribution in [3.63, 3.8) is 0 Å². The first-order valence-electron chi connectivity index (χ1n) is 9.74. The second-order valence-electron chi connectivity index (χ2n) is 6.95. The van der Waals surface area contributed by atoms with Crippen molar-refractivity contribution < 1.29 is 19.4 Å². The number of aromatic hydroxyl groups is 1. The second kappa shape index (κ2) is 10.5. The molecule has 0 aromatic heterocycles. The normalized spacial score (nSPS) is 10.7. The number of rotatable bonds is 7. The average molecular weight is 427 g/mol. The lowest BCUT2D eigenvalue weighted by molar-refractivity contribution is -0.118. The number of nitrogens with zero attached hydrogens (tertiary/aromatic N) is 1. The fraction of sp³-hybridized carbons (Fsp3) is 0.0800. The van der Waals surface area contributed by atoms with Crippen LogP contribution in [-0.4, -0.2) is 23.5 Å². The Balaban J connectivity index is 1.62. The van der Waals surface area contributed by atoms with Gasteiger partial charge in [-0.3, -0.25) is 9.59 Å². The molecule has 0 saturated carbocycles. The first-order chi connectivity index (χ1) is 15.4. The third-order valence-corrected chi connectivity index (χ3v) is 4.36. The fourth-order valence-electron chi connectivity index (χ4n) is 2.74. The Hall–Kier alpha value is -4.57. The molecule has 0 bridgehead atoms. The maximum atomic E-state index is 12.4. The number of amides is 2. The maximum Gasteiger partial charge on any atom is 0.266 e. The molecule has 3 rings (SSSR count). The van der Waals surface area contributed by atoms with Crippen molar-refractivity contribution in [1.29, 1.82) is 5.26 Å². The van der Waals surface area contributed by atoms with E-state index in [1.165, 1.54) is 30.3 Å². The van der Waals surface area contributed by atoms with Crippen molar-refractivity contribution in [2.45, 2.75) is 6.92 Å². The smallest absolute Gasteiger partial charge is 0.266 e. The summed E-state index contributed by atoms with van der Waals surface area (Å²) >= 11 is 0. The second-order valence-corrected chi connectivity index (χ2v) is 6.95. The summed E-state index contributed by atoms with van der Waals surface area (Å²) in [6, 6.07) is 21.9. The van der Waals surface area contributed by atoms with E-state index in [-0.39, 0.29) is 23.8 Å². The molecule has 0 heterocycles. The topological polar surface area (TPSA) is 111 Å². The van der Waals surface area contributed by atoms with E-state index in [1.54, 1.807) is 24.3 Å². The van der Waals surface area contributed by atoms with E-state index in [0.29, 0.717) is 22.7 Å². The number of carbonyl (C=O) groups excluding carboxylic acids is 2. The van der Waals surface area contributed by atoms with E-state index in [9.17, 15) is 20.0 Å². The third kappa shape index (κ3) is 6.47. The van der Waals surface area contributed by atoms with Crippen molar-refractivity contribution in [3.05, 3.63) is 89.5 Å². The summed E-state index contributed by atoms with van der Waals surface area (Å²) in [5, 5.41) is 24.0. The molecule has 0 fully saturated rings. The highest BCUT2D eigenvalue weighted by Crippen LogP contribution is 2.18. The zero-order valence-electron chi connectivity index (χ0n) is 17.3. The van der Waals surface area contributed by atoms with Gasteiger partial charge in [-0.15, -0.1) is 0 Å². The number of hydrogen-bond donors (Lipinski definition) is 3. The van der Waals surface area contributed by atoms with Gasteiger partial charge in [0.25, 0.3) is 11.8 Å². The van der Waals surface area contributed by atoms with E-state index < -0.39 is 5.91 Å². The zero-order chi connectivity index (χ0) is 22.9. The van der Waals surface area contributed by atoms with E-state index in [4.69, 9.17) is 4.74 Å². The number of ether oxygens (including phenoxy) is 1. The zero-order valence-corrected chi connectivity index (χ0v) is 17.3. The van der Waals surface area contributed by atoms with Crippen LogP contribution >= 0.6 is 0 Å². The van der Waals surface area contributed by atoms with Crippen LogP contribution in [0.25, 0.3) is 6.08 Å². The number of nitrogens with one attached hydrogen (secondary N) is 2. The van der Waals surface area contributed by atoms with E-state index in [2.05, 4.69) is 10.6 Å². The van der Waals surface area contributed by atoms with E-state index in [0.717, 1.165) is 5.56 Å². The van der Waals surface area contributed by atoms with Crippen LogP contribution in [0.2, 0.25) is 0 Å². The van der Waals surface area contributed by atoms with Gasteiger partial charge in [0.2, 0.25) is 0 Å². The molecular formula is C25H21N3O4. The first kappa shape index (κ1) is 22.1. The van der Waals surface area contributed by atoms with Gasteiger partial charge in [-0.25, -0.2) is 0 Å². The summed E-state index contributed by atoms with van der Waals surface area (Å²) in [4.78, 5) is 24.5. The average Bonchev–Trinajstić information content (AvgIpc) is 2.79. The van der Waals surface area contributed by atoms with Gasteiger partial charge in [-0.2, -0.15) is 5.26 Å². The molecule has 0 atom stereocenters. The molecule has 160 valence electrons. The fourth-order valence-corrected chi connectivity index (χ4v) is 2.74. The molecule has 3 N–H and O–H groups in total. The molecule has 3 aromatic carbocycles. The summed E-state index contributed by atoms with van der Waals surface area (Å²) in [7, 11) is 0. The standard InChI is InChI=1S/C25H21N3O4/c1-17-5-7-20(8-6-17)27-24(30)16-32-23-4-2-3-18(14-23)13-19(15-26)25(31)28-21-9-11-22(29)12-10-21/h2-14,29H,16H2,1H3,(H,27,30)(H,28,31)/b19-13-. The summed E-state index contributed by atoms with van der Waals surface area (Å²) < 4.78 is 5.54. The van der Waals surface area contributed by atoms with Gasteiger partial charge in [0.05, 0.1) is 0 Å². The van der Waals surface area contributed by atoms with Crippen molar-refractivity contribution in [3.8, 4) is 17.6 Å². The molecule has 32 heavy (non-hydrogen) atoms. The monoisotopic (exact) mass is 427 g/mol. The lowest BCUT2D eigenvalue weighted by atomic mass is 10.1. The van der Waals surface area contributed by atoms with Crippen molar-refractivity contribution in [1.82, 2.24) is 0 Å². The molecule has 0 aliphatic rings. The van der Waals surface area contributed by atoms with Crippen LogP contribution < -0.4 is 15.4 Å². The van der Waals surface area contributed by atoms with Crippen LogP contribution in [0.1, 0.15) is 11.1 Å². The van der Waals surface area contributed by atoms with Gasteiger partial charge in [0.15, 0.2) is 6.61 Å². The van der Waals surface area contributed by atoms with Gasteiger partial charge in [0.1, 0.15) is 23.1 Å². The molecule has 3 aromatic rings. The number of phenols is 1. The quantitative estimate of drug-likeness (QED) is 0.296. The molecule has 0 radical (unpaired) electrons. The number of carbonyl (C=O) groups is 2. The number of nitriles is 1. The van der Waals surface area contributed by atoms with Crippen LogP contribution in [0.3, 0.4) is 0 Å². The van der Waals surface area contributed by atoms with Gasteiger partial charge >= 0.3 is 0 Å². The number of hydrogen-bond acceptors (Lipinski definition) is 5. The molecule has 0 spiro atoms. The Labute approximate surface area is 185 Å². The highest BCUT2D eigenvalue weighted by Gasteiger charge is 2.10. The van der Waals surface area contributed by atoms with Gasteiger partial charge < -0.3 is 20.5 Å². The lowest BCUT2D eigenvalue weighted by Crippen LogP contribution is -2.20. The minimum atomic E-state index is -0.581. The Morgan fingerprint density at radius 3 is 2.34 bits per heavy atom. The molecule has 0 aliphatic carbocycles. The molecule has 0 aliphatic heterocycles. The molecule has 7 nitrogen and oxygen atoms in total. The third-order valence-electron chi connectivity index (χ3n) is 4.36. The lowest BCUT2D eigenvalue weighted by Gasteiger charge is -2.09. The molecular weight excluding hydrogens is 406 g/mol. The Morgan fingerprint density at radius 2 is 1.66 bits per heavy atom. The highest BCUT2D eigenvalue weighted by molar-refractivity contribution is 6.09. The molecule has 0 saturated heterocycles. The van der Waals surface area contributed by atoms with Crippen LogP contribution in [0.4, 0.5) is 11.4 Å². The predicted molar refractivity (Wildman–Crippen MR) is 122 cm³/mol. The van der Waals surface area contributed by atoms with Crippen LogP contribution in [0.5, 0.6) is 11.5 Å². The summed E-state index contributed by atoms with van der Waals surface area (Å²) in [5.74, 6) is -0.389. The Morgan fingerprint density at radius 1 is 1.00 bits per heavy atom. The van der Waals surface area contributed by atoms with Crippen LogP contribution in [0, 0.1) is 18.3 Å². The Bertz CT molecular complexity index is 1180. The SMILES string of the molecule is Cc1ccc(NC(=O)COc2cccc(/C=C(/C#N)C(=O)Nc3ccc(O)cc3)c2)cc1. The number of benzene rings is 3. The summed E-state index contributed by atoms with van der Waals surface area (Å²) in [5.41, 5.74) is 2.69. The molecule has 2 amide bonds. The minimum Gasteiger partial charge on any atom is -0.508 e. The van der Waals surface area contributed by atoms with Gasteiger partial charge in [0, 0.05) is 11.4 Å². The predicted octanol–water partition coefficient (Wildman–Crippen LogP) is 4.26. The van der Waals surface area contributed by atoms with Gasteiger partial charge in [-0.1, -0.05) is 29.8 Å². The summed E-state index contributed by atoms with van der Waals surface area (Å²) in [6.07, 6.45) is 1.43. The van der Waals surface area contributed by atoms with Crippen molar-refractivity contribution in [2.24, 2.45) is 0 Å². The van der Waals surface area contributed by atoms with Crippen LogP contribution in [-0.2, 0) is 9.59 Å². The van der Waals surface area contributed by atoms with E-state index >= 15 is 0 Å². The highest BCUT2D eigenvalue weighted by atomic mass is 16.5. The molecule has 7 heteroatoms. The molecule has 0 unspecified atom stereocenters. The first-order valence-corrected chi connectivity index (χ1v) is 9.74. The Kier molecular flexibility index (Phi) is 7.23. The minimum absolute atomic E-state index is 0.0726. The number of aryl methyl sites for hydroxylation is 1. The number of phenolic OH excluding ortho intramolecular Hbond substituents is 1.